The van der Waals surface area contributed by atoms with Crippen molar-refractivity contribution >= 4 is 17.8 Å². The molecule has 0 fully saturated rings. The van der Waals surface area contributed by atoms with E-state index in [0.717, 1.165) is 5.69 Å². The van der Waals surface area contributed by atoms with Crippen LogP contribution in [0.2, 0.25) is 0 Å². The molecule has 0 aliphatic rings. The van der Waals surface area contributed by atoms with Gasteiger partial charge in [-0.05, 0) is 12.3 Å². The number of imidazole rings is 1. The van der Waals surface area contributed by atoms with Crippen LogP contribution in [0.4, 0.5) is 5.95 Å². The normalized spacial score (nSPS) is 11.1. The number of esters is 1. The van der Waals surface area contributed by atoms with E-state index in [1.807, 2.05) is 20.8 Å². The van der Waals surface area contributed by atoms with E-state index >= 15 is 0 Å². The molecule has 0 saturated heterocycles. The molecule has 6 heteroatoms. The van der Waals surface area contributed by atoms with Gasteiger partial charge < -0.3 is 9.72 Å². The van der Waals surface area contributed by atoms with Gasteiger partial charge >= 0.3 is 5.97 Å². The Balaban J connectivity index is 2.51. The number of ether oxygens (including phenoxy) is 1. The summed E-state index contributed by atoms with van der Waals surface area (Å²) in [7, 11) is 1.34. The summed E-state index contributed by atoms with van der Waals surface area (Å²) in [6, 6.07) is 0. The molecule has 0 unspecified atom stereocenters. The van der Waals surface area contributed by atoms with Crippen LogP contribution in [-0.2, 0) is 14.3 Å². The molecular formula is C12H19N3O3. The molecule has 1 aromatic rings. The van der Waals surface area contributed by atoms with Gasteiger partial charge in [0, 0.05) is 18.3 Å². The van der Waals surface area contributed by atoms with E-state index in [9.17, 15) is 9.59 Å². The fourth-order valence-corrected chi connectivity index (χ4v) is 1.61. The number of nitrogens with one attached hydrogen (secondary N) is 2. The molecule has 100 valence electrons. The van der Waals surface area contributed by atoms with Crippen molar-refractivity contribution in [3.63, 3.8) is 0 Å². The van der Waals surface area contributed by atoms with Crippen LogP contribution in [0.25, 0.3) is 0 Å². The highest BCUT2D eigenvalue weighted by atomic mass is 16.5. The van der Waals surface area contributed by atoms with E-state index in [0.29, 0.717) is 5.95 Å². The Bertz CT molecular complexity index is 438. The average Bonchev–Trinajstić information content (AvgIpc) is 2.61. The van der Waals surface area contributed by atoms with Crippen molar-refractivity contribution in [2.24, 2.45) is 5.41 Å². The fourth-order valence-electron chi connectivity index (χ4n) is 1.61. The van der Waals surface area contributed by atoms with Crippen LogP contribution >= 0.6 is 0 Å². The van der Waals surface area contributed by atoms with E-state index < -0.39 is 5.41 Å². The number of nitrogens with zero attached hydrogens (tertiary/aromatic N) is 1. The van der Waals surface area contributed by atoms with E-state index in [4.69, 9.17) is 0 Å². The minimum absolute atomic E-state index is 0.182. The molecule has 0 aliphatic heterocycles. The summed E-state index contributed by atoms with van der Waals surface area (Å²) >= 11 is 0. The number of amides is 1. The third-order valence-electron chi connectivity index (χ3n) is 2.45. The molecule has 0 spiro atoms. The summed E-state index contributed by atoms with van der Waals surface area (Å²) < 4.78 is 4.60. The van der Waals surface area contributed by atoms with Gasteiger partial charge in [0.2, 0.25) is 11.9 Å². The van der Waals surface area contributed by atoms with Crippen LogP contribution in [-0.4, -0.2) is 29.0 Å². The van der Waals surface area contributed by atoms with Crippen LogP contribution in [0.5, 0.6) is 0 Å². The van der Waals surface area contributed by atoms with Crippen molar-refractivity contribution in [3.05, 3.63) is 11.9 Å². The highest BCUT2D eigenvalue weighted by Crippen LogP contribution is 2.25. The van der Waals surface area contributed by atoms with Gasteiger partial charge in [-0.25, -0.2) is 4.98 Å². The molecule has 1 heterocycles. The van der Waals surface area contributed by atoms with Gasteiger partial charge in [-0.1, -0.05) is 13.8 Å². The van der Waals surface area contributed by atoms with Crippen molar-refractivity contribution in [1.29, 1.82) is 0 Å². The summed E-state index contributed by atoms with van der Waals surface area (Å²) in [5.74, 6) is -0.0775. The molecule has 0 aromatic carbocycles. The number of methoxy groups -OCH3 is 1. The Morgan fingerprint density at radius 3 is 2.61 bits per heavy atom. The minimum atomic E-state index is -0.446. The maximum atomic E-state index is 11.8. The molecule has 18 heavy (non-hydrogen) atoms. The third kappa shape index (κ3) is 4.57. The predicted octanol–water partition coefficient (Wildman–Crippen LogP) is 1.64. The van der Waals surface area contributed by atoms with Crippen molar-refractivity contribution in [2.75, 3.05) is 12.4 Å². The second-order valence-corrected chi connectivity index (χ2v) is 5.06. The quantitative estimate of drug-likeness (QED) is 0.781. The zero-order chi connectivity index (χ0) is 13.8. The second-order valence-electron chi connectivity index (χ2n) is 5.06. The van der Waals surface area contributed by atoms with E-state index in [1.54, 1.807) is 6.20 Å². The monoisotopic (exact) mass is 253 g/mol. The van der Waals surface area contributed by atoms with Crippen molar-refractivity contribution in [3.8, 4) is 0 Å². The number of aromatic nitrogens is 2. The Kier molecular flexibility index (Phi) is 4.47. The Labute approximate surface area is 106 Å². The number of aryl methyl sites for hydroxylation is 1. The summed E-state index contributed by atoms with van der Waals surface area (Å²) in [4.78, 5) is 29.9. The first-order valence-electron chi connectivity index (χ1n) is 5.71. The lowest BCUT2D eigenvalue weighted by Gasteiger charge is -2.21. The maximum absolute atomic E-state index is 11.8. The van der Waals surface area contributed by atoms with E-state index in [2.05, 4.69) is 20.0 Å². The van der Waals surface area contributed by atoms with Gasteiger partial charge in [0.15, 0.2) is 0 Å². The topological polar surface area (TPSA) is 84.1 Å². The van der Waals surface area contributed by atoms with Gasteiger partial charge in [-0.3, -0.25) is 14.9 Å². The molecular weight excluding hydrogens is 234 g/mol. The van der Waals surface area contributed by atoms with E-state index in [-0.39, 0.29) is 24.7 Å². The second kappa shape index (κ2) is 5.66. The lowest BCUT2D eigenvalue weighted by atomic mass is 9.85. The molecule has 0 bridgehead atoms. The van der Waals surface area contributed by atoms with Crippen LogP contribution < -0.4 is 5.32 Å². The Morgan fingerprint density at radius 1 is 1.44 bits per heavy atom. The molecule has 0 saturated carbocycles. The van der Waals surface area contributed by atoms with Crippen LogP contribution in [0.3, 0.4) is 0 Å². The van der Waals surface area contributed by atoms with Crippen molar-refractivity contribution in [2.45, 2.75) is 33.6 Å². The van der Waals surface area contributed by atoms with Gasteiger partial charge in [-0.2, -0.15) is 0 Å². The van der Waals surface area contributed by atoms with Gasteiger partial charge in [0.25, 0.3) is 0 Å². The summed E-state index contributed by atoms with van der Waals surface area (Å²) in [6.07, 6.45) is 2.06. The zero-order valence-electron chi connectivity index (χ0n) is 11.2. The number of H-pyrrole nitrogens is 1. The third-order valence-corrected chi connectivity index (χ3v) is 2.45. The van der Waals surface area contributed by atoms with E-state index in [1.165, 1.54) is 7.11 Å². The number of rotatable bonds is 5. The first kappa shape index (κ1) is 14.2. The molecule has 0 atom stereocenters. The predicted molar refractivity (Wildman–Crippen MR) is 67.0 cm³/mol. The molecule has 1 rings (SSSR count). The first-order chi connectivity index (χ1) is 8.32. The van der Waals surface area contributed by atoms with Crippen molar-refractivity contribution < 1.29 is 14.3 Å². The molecule has 6 nitrogen and oxygen atoms in total. The fraction of sp³-hybridized carbons (Fsp3) is 0.583. The van der Waals surface area contributed by atoms with Gasteiger partial charge in [-0.15, -0.1) is 0 Å². The number of carbonyl (C=O) groups is 2. The van der Waals surface area contributed by atoms with Gasteiger partial charge in [0.1, 0.15) is 0 Å². The standard InChI is InChI=1S/C12H19N3O3/c1-8-7-13-11(14-8)15-9(16)5-12(2,3)6-10(17)18-4/h7H,5-6H2,1-4H3,(H2,13,14,15,16). The number of aromatic amines is 1. The number of anilines is 1. The summed E-state index contributed by atoms with van der Waals surface area (Å²) in [5, 5.41) is 2.65. The first-order valence-corrected chi connectivity index (χ1v) is 5.71. The van der Waals surface area contributed by atoms with Crippen LogP contribution in [0.1, 0.15) is 32.4 Å². The maximum Gasteiger partial charge on any atom is 0.306 e. The molecule has 2 N–H and O–H groups in total. The number of hydrogen-bond acceptors (Lipinski definition) is 4. The number of carbonyl (C=O) groups excluding carboxylic acids is 2. The molecule has 0 radical (unpaired) electrons. The highest BCUT2D eigenvalue weighted by molar-refractivity contribution is 5.89. The largest absolute Gasteiger partial charge is 0.469 e. The molecule has 1 aromatic heterocycles. The molecule has 1 amide bonds. The lowest BCUT2D eigenvalue weighted by molar-refractivity contribution is -0.143. The molecule has 0 aliphatic carbocycles. The number of hydrogen-bond donors (Lipinski definition) is 2. The lowest BCUT2D eigenvalue weighted by Crippen LogP contribution is -2.25. The SMILES string of the molecule is COC(=O)CC(C)(C)CC(=O)Nc1ncc(C)[nH]1. The Hall–Kier alpha value is -1.85. The summed E-state index contributed by atoms with van der Waals surface area (Å²) in [6.45, 7) is 5.54. The van der Waals surface area contributed by atoms with Crippen LogP contribution in [0.15, 0.2) is 6.20 Å². The zero-order valence-corrected chi connectivity index (χ0v) is 11.2. The van der Waals surface area contributed by atoms with Crippen LogP contribution in [0, 0.1) is 12.3 Å². The smallest absolute Gasteiger partial charge is 0.306 e. The Morgan fingerprint density at radius 2 is 2.11 bits per heavy atom. The average molecular weight is 253 g/mol. The van der Waals surface area contributed by atoms with Crippen molar-refractivity contribution in [1.82, 2.24) is 9.97 Å². The summed E-state index contributed by atoms with van der Waals surface area (Å²) in [5.41, 5.74) is 0.429. The highest BCUT2D eigenvalue weighted by Gasteiger charge is 2.26. The minimum Gasteiger partial charge on any atom is -0.469 e. The van der Waals surface area contributed by atoms with Gasteiger partial charge in [0.05, 0.1) is 13.5 Å².